The van der Waals surface area contributed by atoms with Gasteiger partial charge in [-0.25, -0.2) is 8.42 Å². The highest BCUT2D eigenvalue weighted by atomic mass is 35.5. The summed E-state index contributed by atoms with van der Waals surface area (Å²) in [4.78, 5) is 15.8. The van der Waals surface area contributed by atoms with Crippen molar-refractivity contribution in [2.75, 3.05) is 11.9 Å². The number of thiazole rings is 1. The molecule has 0 fully saturated rings. The van der Waals surface area contributed by atoms with Crippen molar-refractivity contribution in [2.45, 2.75) is 4.90 Å². The molecule has 0 saturated carbocycles. The molecule has 3 aromatic rings. The van der Waals surface area contributed by atoms with Crippen molar-refractivity contribution in [3.8, 4) is 5.75 Å². The van der Waals surface area contributed by atoms with Crippen LogP contribution < -0.4 is 10.1 Å². The second kappa shape index (κ2) is 8.78. The van der Waals surface area contributed by atoms with E-state index in [1.807, 2.05) is 0 Å². The molecule has 0 saturated heterocycles. The number of benzene rings is 2. The third kappa shape index (κ3) is 5.35. The molecule has 1 N–H and O–H groups in total. The van der Waals surface area contributed by atoms with Crippen molar-refractivity contribution >= 4 is 61.3 Å². The Hall–Kier alpha value is -2.33. The first-order chi connectivity index (χ1) is 13.3. The summed E-state index contributed by atoms with van der Waals surface area (Å²) in [7, 11) is -3.87. The molecular formula is C17H12Cl2N3O4S2-. The minimum absolute atomic E-state index is 0.00936. The number of halogens is 2. The van der Waals surface area contributed by atoms with Gasteiger partial charge in [0.15, 0.2) is 6.61 Å². The van der Waals surface area contributed by atoms with Crippen LogP contribution in [0.2, 0.25) is 10.0 Å². The zero-order chi connectivity index (χ0) is 20.1. The van der Waals surface area contributed by atoms with E-state index in [4.69, 9.17) is 27.9 Å². The number of aromatic nitrogens is 1. The Bertz CT molecular complexity index is 1070. The Kier molecular flexibility index (Phi) is 6.40. The number of nitrogens with one attached hydrogen (secondary N) is 1. The maximum absolute atomic E-state index is 12.2. The Labute approximate surface area is 175 Å². The maximum Gasteiger partial charge on any atom is 0.262 e. The maximum atomic E-state index is 12.2. The number of anilines is 1. The van der Waals surface area contributed by atoms with Gasteiger partial charge in [0.2, 0.25) is 10.0 Å². The summed E-state index contributed by atoms with van der Waals surface area (Å²) >= 11 is 12.9. The Morgan fingerprint density at radius 3 is 2.57 bits per heavy atom. The van der Waals surface area contributed by atoms with Crippen molar-refractivity contribution in [2.24, 2.45) is 0 Å². The van der Waals surface area contributed by atoms with Gasteiger partial charge < -0.3 is 19.8 Å². The average molecular weight is 457 g/mol. The van der Waals surface area contributed by atoms with Crippen LogP contribution in [0.25, 0.3) is 4.72 Å². The first kappa shape index (κ1) is 20.4. The largest absolute Gasteiger partial charge is 0.482 e. The molecule has 0 atom stereocenters. The number of hydrogen-bond acceptors (Lipinski definition) is 6. The molecular weight excluding hydrogens is 445 g/mol. The molecule has 7 nitrogen and oxygen atoms in total. The summed E-state index contributed by atoms with van der Waals surface area (Å²) < 4.78 is 33.4. The fourth-order valence-electron chi connectivity index (χ4n) is 2.06. The highest BCUT2D eigenvalue weighted by Gasteiger charge is 2.11. The molecule has 11 heteroatoms. The van der Waals surface area contributed by atoms with Crippen LogP contribution in [-0.2, 0) is 14.8 Å². The van der Waals surface area contributed by atoms with Gasteiger partial charge in [-0.15, -0.1) is 0 Å². The molecule has 2 aromatic carbocycles. The number of nitrogens with zero attached hydrogens (tertiary/aromatic N) is 2. The van der Waals surface area contributed by atoms with E-state index in [1.165, 1.54) is 36.5 Å². The van der Waals surface area contributed by atoms with Crippen LogP contribution in [0, 0.1) is 0 Å². The number of carbonyl (C=O) groups excluding carboxylic acids is 1. The molecule has 0 aliphatic heterocycles. The normalized spacial score (nSPS) is 11.1. The number of carbonyl (C=O) groups is 1. The van der Waals surface area contributed by atoms with Crippen molar-refractivity contribution in [3.05, 3.63) is 68.8 Å². The second-order valence-corrected chi connectivity index (χ2v) is 8.64. The topological polar surface area (TPSA) is 99.5 Å². The number of ether oxygens (including phenoxy) is 1. The zero-order valence-electron chi connectivity index (χ0n) is 14.0. The second-order valence-electron chi connectivity index (χ2n) is 5.32. The predicted octanol–water partition coefficient (Wildman–Crippen LogP) is 4.86. The lowest BCUT2D eigenvalue weighted by Gasteiger charge is -2.12. The molecule has 0 unspecified atom stereocenters. The molecule has 0 bridgehead atoms. The molecule has 28 heavy (non-hydrogen) atoms. The number of amides is 1. The Morgan fingerprint density at radius 2 is 1.93 bits per heavy atom. The van der Waals surface area contributed by atoms with Crippen LogP contribution >= 0.6 is 34.5 Å². The summed E-state index contributed by atoms with van der Waals surface area (Å²) in [5.41, 5.74) is 0.406. The fourth-order valence-corrected chi connectivity index (χ4v) is 4.19. The molecule has 1 aromatic heterocycles. The molecule has 3 rings (SSSR count). The van der Waals surface area contributed by atoms with Crippen molar-refractivity contribution in [3.63, 3.8) is 0 Å². The molecule has 146 valence electrons. The van der Waals surface area contributed by atoms with Gasteiger partial charge >= 0.3 is 0 Å². The standard InChI is InChI=1S/C17H13Cl2N3O4S2/c18-11-1-6-15(14(19)9-11)26-10-16(23)21-12-2-4-13(5-3-12)28(24,25)22-17-20-7-8-27-17/h1-9H,10H2,(H2,20,21,22,23)/p-1. The highest BCUT2D eigenvalue weighted by molar-refractivity contribution is 7.94. The third-order valence-corrected chi connectivity index (χ3v) is 5.90. The van der Waals surface area contributed by atoms with E-state index in [0.717, 1.165) is 11.3 Å². The summed E-state index contributed by atoms with van der Waals surface area (Å²) in [6.07, 6.45) is 1.47. The van der Waals surface area contributed by atoms with Gasteiger partial charge in [-0.3, -0.25) is 4.79 Å². The number of rotatable bonds is 7. The fraction of sp³-hybridized carbons (Fsp3) is 0.0588. The van der Waals surface area contributed by atoms with Gasteiger partial charge in [-0.05, 0) is 47.8 Å². The van der Waals surface area contributed by atoms with Gasteiger partial charge in [0.1, 0.15) is 5.75 Å². The van der Waals surface area contributed by atoms with Gasteiger partial charge in [-0.2, -0.15) is 11.3 Å². The lowest BCUT2D eigenvalue weighted by molar-refractivity contribution is -0.118. The first-order valence-corrected chi connectivity index (χ1v) is 10.8. The van der Waals surface area contributed by atoms with E-state index in [2.05, 4.69) is 15.0 Å². The van der Waals surface area contributed by atoms with Crippen molar-refractivity contribution in [1.82, 2.24) is 4.98 Å². The minimum atomic E-state index is -3.87. The molecule has 0 aliphatic rings. The molecule has 0 spiro atoms. The quantitative estimate of drug-likeness (QED) is 0.546. The van der Waals surface area contributed by atoms with Crippen LogP contribution in [-0.4, -0.2) is 25.9 Å². The van der Waals surface area contributed by atoms with Crippen molar-refractivity contribution < 1.29 is 17.9 Å². The SMILES string of the molecule is O=C(COc1ccc(Cl)cc1Cl)Nc1ccc(S(=O)(=O)[N-]c2nccs2)cc1. The predicted molar refractivity (Wildman–Crippen MR) is 109 cm³/mol. The lowest BCUT2D eigenvalue weighted by atomic mass is 10.3. The summed E-state index contributed by atoms with van der Waals surface area (Å²) in [5.74, 6) is -0.111. The summed E-state index contributed by atoms with van der Waals surface area (Å²) in [5, 5.41) is 5.13. The van der Waals surface area contributed by atoms with E-state index in [9.17, 15) is 13.2 Å². The van der Waals surface area contributed by atoms with Crippen LogP contribution in [0.1, 0.15) is 0 Å². The van der Waals surface area contributed by atoms with Gasteiger partial charge in [-0.1, -0.05) is 29.4 Å². The molecule has 0 aliphatic carbocycles. The smallest absolute Gasteiger partial charge is 0.262 e. The van der Waals surface area contributed by atoms with E-state index >= 15 is 0 Å². The van der Waals surface area contributed by atoms with E-state index in [1.54, 1.807) is 17.5 Å². The molecule has 1 heterocycles. The highest BCUT2D eigenvalue weighted by Crippen LogP contribution is 2.30. The number of sulfonamides is 1. The lowest BCUT2D eigenvalue weighted by Crippen LogP contribution is -2.20. The Balaban J connectivity index is 1.58. The van der Waals surface area contributed by atoms with Crippen molar-refractivity contribution in [1.29, 1.82) is 0 Å². The van der Waals surface area contributed by atoms with Crippen LogP contribution in [0.3, 0.4) is 0 Å². The molecule has 1 amide bonds. The third-order valence-electron chi connectivity index (χ3n) is 3.31. The number of hydrogen-bond donors (Lipinski definition) is 1. The Morgan fingerprint density at radius 1 is 1.18 bits per heavy atom. The van der Waals surface area contributed by atoms with E-state index < -0.39 is 15.9 Å². The van der Waals surface area contributed by atoms with E-state index in [0.29, 0.717) is 21.5 Å². The zero-order valence-corrected chi connectivity index (χ0v) is 17.1. The summed E-state index contributed by atoms with van der Waals surface area (Å²) in [6, 6.07) is 10.3. The first-order valence-electron chi connectivity index (χ1n) is 7.69. The van der Waals surface area contributed by atoms with E-state index in [-0.39, 0.29) is 16.6 Å². The van der Waals surface area contributed by atoms with Crippen LogP contribution in [0.15, 0.2) is 58.9 Å². The monoisotopic (exact) mass is 456 g/mol. The minimum Gasteiger partial charge on any atom is -0.482 e. The van der Waals surface area contributed by atoms with Gasteiger partial charge in [0.25, 0.3) is 5.91 Å². The van der Waals surface area contributed by atoms with Crippen LogP contribution in [0.4, 0.5) is 10.8 Å². The van der Waals surface area contributed by atoms with Crippen LogP contribution in [0.5, 0.6) is 5.75 Å². The summed E-state index contributed by atoms with van der Waals surface area (Å²) in [6.45, 7) is -0.277. The average Bonchev–Trinajstić information content (AvgIpc) is 3.14. The van der Waals surface area contributed by atoms with Gasteiger partial charge in [0, 0.05) is 15.8 Å². The van der Waals surface area contributed by atoms with Gasteiger partial charge in [0.05, 0.1) is 9.92 Å². The molecule has 0 radical (unpaired) electrons.